The molecule has 1 aliphatic heterocycles. The van der Waals surface area contributed by atoms with Crippen LogP contribution in [0.1, 0.15) is 24.4 Å². The molecule has 0 spiro atoms. The monoisotopic (exact) mass is 417 g/mol. The maximum absolute atomic E-state index is 13.4. The largest absolute Gasteiger partial charge is 0.324 e. The molecule has 2 aromatic carbocycles. The average molecular weight is 418 g/mol. The summed E-state index contributed by atoms with van der Waals surface area (Å²) < 4.78 is 15.2. The number of carbonyl (C=O) groups excluding carboxylic acids is 1. The van der Waals surface area contributed by atoms with Gasteiger partial charge in [-0.3, -0.25) is 4.79 Å². The van der Waals surface area contributed by atoms with Gasteiger partial charge in [0.1, 0.15) is 11.1 Å². The van der Waals surface area contributed by atoms with Crippen molar-refractivity contribution < 1.29 is 9.18 Å². The summed E-state index contributed by atoms with van der Waals surface area (Å²) in [6, 6.07) is 12.8. The molecule has 144 valence electrons. The number of thioether (sulfide) groups is 1. The fourth-order valence-corrected chi connectivity index (χ4v) is 4.30. The molecule has 2 heterocycles. The first-order valence-electron chi connectivity index (χ1n) is 8.75. The van der Waals surface area contributed by atoms with Crippen LogP contribution in [0.4, 0.5) is 10.1 Å². The van der Waals surface area contributed by atoms with Crippen LogP contribution in [-0.4, -0.2) is 26.0 Å². The molecule has 0 radical (unpaired) electrons. The first-order chi connectivity index (χ1) is 13.6. The molecule has 0 saturated heterocycles. The third kappa shape index (κ3) is 3.57. The van der Waals surface area contributed by atoms with Crippen LogP contribution in [0.15, 0.2) is 53.7 Å². The summed E-state index contributed by atoms with van der Waals surface area (Å²) in [6.07, 6.45) is 0.688. The van der Waals surface area contributed by atoms with Gasteiger partial charge in [0.05, 0.1) is 16.8 Å². The lowest BCUT2D eigenvalue weighted by molar-refractivity contribution is -0.116. The normalized spacial score (nSPS) is 18.2. The van der Waals surface area contributed by atoms with Gasteiger partial charge in [0.25, 0.3) is 0 Å². The summed E-state index contributed by atoms with van der Waals surface area (Å²) >= 11 is 7.49. The minimum Gasteiger partial charge on any atom is -0.324 e. The molecule has 3 aromatic rings. The molecule has 4 rings (SSSR count). The molecule has 28 heavy (non-hydrogen) atoms. The number of nitrogens with one attached hydrogen (secondary N) is 2. The number of aromatic nitrogens is 3. The van der Waals surface area contributed by atoms with Gasteiger partial charge in [0, 0.05) is 6.42 Å². The van der Waals surface area contributed by atoms with Crippen molar-refractivity contribution in [3.63, 3.8) is 0 Å². The van der Waals surface area contributed by atoms with Crippen molar-refractivity contribution in [1.29, 1.82) is 0 Å². The van der Waals surface area contributed by atoms with E-state index in [-0.39, 0.29) is 11.7 Å². The lowest BCUT2D eigenvalue weighted by atomic mass is 10.0. The second-order valence-corrected chi connectivity index (χ2v) is 7.77. The minimum atomic E-state index is -0.553. The number of aryl methyl sites for hydroxylation is 1. The van der Waals surface area contributed by atoms with E-state index >= 15 is 0 Å². The van der Waals surface area contributed by atoms with Crippen LogP contribution in [0.3, 0.4) is 0 Å². The van der Waals surface area contributed by atoms with Crippen molar-refractivity contribution in [3.8, 4) is 0 Å². The summed E-state index contributed by atoms with van der Waals surface area (Å²) in [6.45, 7) is 1.98. The van der Waals surface area contributed by atoms with Crippen LogP contribution in [0.5, 0.6) is 0 Å². The SMILES string of the molecule is CCc1nnc2n1N[C@@H](c1ccc(F)cc1)[C@@H](C(=O)Nc1ccccc1Cl)S2. The van der Waals surface area contributed by atoms with E-state index in [0.717, 1.165) is 11.4 Å². The topological polar surface area (TPSA) is 71.8 Å². The van der Waals surface area contributed by atoms with E-state index in [0.29, 0.717) is 22.3 Å². The molecule has 0 bridgehead atoms. The molecule has 0 unspecified atom stereocenters. The zero-order valence-electron chi connectivity index (χ0n) is 14.9. The van der Waals surface area contributed by atoms with E-state index in [2.05, 4.69) is 20.9 Å². The maximum atomic E-state index is 13.4. The van der Waals surface area contributed by atoms with Gasteiger partial charge >= 0.3 is 0 Å². The Morgan fingerprint density at radius 1 is 1.25 bits per heavy atom. The summed E-state index contributed by atoms with van der Waals surface area (Å²) in [5, 5.41) is 11.7. The van der Waals surface area contributed by atoms with E-state index < -0.39 is 11.3 Å². The fraction of sp³-hybridized carbons (Fsp3) is 0.211. The van der Waals surface area contributed by atoms with Crippen LogP contribution < -0.4 is 10.7 Å². The Kier molecular flexibility index (Phi) is 5.23. The van der Waals surface area contributed by atoms with Crippen LogP contribution in [0.2, 0.25) is 5.02 Å². The lowest BCUT2D eigenvalue weighted by Crippen LogP contribution is -2.41. The number of halogens is 2. The smallest absolute Gasteiger partial charge is 0.240 e. The van der Waals surface area contributed by atoms with Gasteiger partial charge in [0.15, 0.2) is 5.82 Å². The highest BCUT2D eigenvalue weighted by atomic mass is 35.5. The Morgan fingerprint density at radius 3 is 2.71 bits per heavy atom. The molecule has 6 nitrogen and oxygen atoms in total. The quantitative estimate of drug-likeness (QED) is 0.670. The lowest BCUT2D eigenvalue weighted by Gasteiger charge is -2.33. The number of carbonyl (C=O) groups is 1. The summed E-state index contributed by atoms with van der Waals surface area (Å²) in [5.41, 5.74) is 4.64. The highest BCUT2D eigenvalue weighted by molar-refractivity contribution is 8.00. The first kappa shape index (κ1) is 18.8. The Balaban J connectivity index is 1.68. The van der Waals surface area contributed by atoms with Crippen molar-refractivity contribution in [2.45, 2.75) is 29.8 Å². The Labute approximate surface area is 170 Å². The third-order valence-electron chi connectivity index (χ3n) is 4.44. The van der Waals surface area contributed by atoms with E-state index in [1.165, 1.54) is 23.9 Å². The molecule has 0 saturated carbocycles. The van der Waals surface area contributed by atoms with E-state index in [1.54, 1.807) is 41.1 Å². The first-order valence-corrected chi connectivity index (χ1v) is 10.0. The van der Waals surface area contributed by atoms with E-state index in [9.17, 15) is 9.18 Å². The number of rotatable bonds is 4. The van der Waals surface area contributed by atoms with Crippen LogP contribution in [0.25, 0.3) is 0 Å². The number of fused-ring (bicyclic) bond motifs is 1. The molecule has 0 fully saturated rings. The van der Waals surface area contributed by atoms with Crippen molar-refractivity contribution in [2.24, 2.45) is 0 Å². The van der Waals surface area contributed by atoms with Crippen LogP contribution in [0, 0.1) is 5.82 Å². The number of para-hydroxylation sites is 1. The molecule has 9 heteroatoms. The number of amides is 1. The predicted molar refractivity (Wildman–Crippen MR) is 108 cm³/mol. The zero-order chi connectivity index (χ0) is 19.7. The fourth-order valence-electron chi connectivity index (χ4n) is 3.01. The molecule has 1 aromatic heterocycles. The molecular weight excluding hydrogens is 401 g/mol. The molecule has 2 N–H and O–H groups in total. The molecule has 1 amide bonds. The summed E-state index contributed by atoms with van der Waals surface area (Å²) in [5.74, 6) is 0.204. The van der Waals surface area contributed by atoms with Gasteiger partial charge in [-0.1, -0.05) is 54.6 Å². The second kappa shape index (κ2) is 7.81. The van der Waals surface area contributed by atoms with E-state index in [1.807, 2.05) is 6.92 Å². The van der Waals surface area contributed by atoms with Crippen molar-refractivity contribution in [1.82, 2.24) is 14.9 Å². The van der Waals surface area contributed by atoms with Crippen molar-refractivity contribution in [2.75, 3.05) is 10.7 Å². The maximum Gasteiger partial charge on any atom is 0.240 e. The Morgan fingerprint density at radius 2 is 2.00 bits per heavy atom. The van der Waals surface area contributed by atoms with Gasteiger partial charge in [-0.25, -0.2) is 9.07 Å². The molecule has 2 atom stereocenters. The van der Waals surface area contributed by atoms with Gasteiger partial charge in [0.2, 0.25) is 11.1 Å². The van der Waals surface area contributed by atoms with Gasteiger partial charge in [-0.05, 0) is 29.8 Å². The van der Waals surface area contributed by atoms with Gasteiger partial charge < -0.3 is 10.7 Å². The molecular formula is C19H17ClFN5OS. The van der Waals surface area contributed by atoms with Crippen molar-refractivity contribution >= 4 is 35.0 Å². The third-order valence-corrected chi connectivity index (χ3v) is 5.98. The van der Waals surface area contributed by atoms with Gasteiger partial charge in [-0.15, -0.1) is 10.2 Å². The number of nitrogens with zero attached hydrogens (tertiary/aromatic N) is 3. The molecule has 0 aliphatic carbocycles. The Hall–Kier alpha value is -2.58. The van der Waals surface area contributed by atoms with Crippen molar-refractivity contribution in [3.05, 3.63) is 70.8 Å². The molecule has 1 aliphatic rings. The highest BCUT2D eigenvalue weighted by Crippen LogP contribution is 2.38. The number of hydrogen-bond acceptors (Lipinski definition) is 5. The second-order valence-electron chi connectivity index (χ2n) is 6.25. The van der Waals surface area contributed by atoms with Gasteiger partial charge in [-0.2, -0.15) is 0 Å². The Bertz CT molecular complexity index is 1010. The standard InChI is InChI=1S/C19H17ClFN5OS/c1-2-15-23-24-19-26(15)25-16(11-7-9-12(21)10-8-11)17(28-19)18(27)22-14-6-4-3-5-13(14)20/h3-10,16-17,25H,2H2,1H3,(H,22,27)/t16-,17-/m0/s1. The minimum absolute atomic E-state index is 0.229. The van der Waals surface area contributed by atoms with Crippen LogP contribution >= 0.6 is 23.4 Å². The van der Waals surface area contributed by atoms with Crippen LogP contribution in [-0.2, 0) is 11.2 Å². The predicted octanol–water partition coefficient (Wildman–Crippen LogP) is 4.03. The highest BCUT2D eigenvalue weighted by Gasteiger charge is 2.37. The number of hydrogen-bond donors (Lipinski definition) is 2. The summed E-state index contributed by atoms with van der Waals surface area (Å²) in [7, 11) is 0. The number of benzene rings is 2. The van der Waals surface area contributed by atoms with E-state index in [4.69, 9.17) is 11.6 Å². The zero-order valence-corrected chi connectivity index (χ0v) is 16.5. The number of anilines is 1. The average Bonchev–Trinajstić information content (AvgIpc) is 3.11. The summed E-state index contributed by atoms with van der Waals surface area (Å²) in [4.78, 5) is 13.1.